The fraction of sp³-hybridized carbons (Fsp3) is 0.0909. The molecule has 0 bridgehead atoms. The maximum atomic E-state index is 12.0. The first-order chi connectivity index (χ1) is 14.7. The molecule has 0 spiro atoms. The second-order valence-electron chi connectivity index (χ2n) is 6.34. The van der Waals surface area contributed by atoms with Gasteiger partial charge in [0, 0.05) is 24.1 Å². The fourth-order valence-electron chi connectivity index (χ4n) is 2.73. The predicted molar refractivity (Wildman–Crippen MR) is 111 cm³/mol. The first-order valence-electron chi connectivity index (χ1n) is 9.25. The summed E-state index contributed by atoms with van der Waals surface area (Å²) in [6.45, 7) is 1.82. The number of anilines is 1. The summed E-state index contributed by atoms with van der Waals surface area (Å²) < 4.78 is 13.1. The third kappa shape index (κ3) is 4.79. The van der Waals surface area contributed by atoms with Crippen LogP contribution in [0, 0.1) is 6.92 Å². The highest BCUT2D eigenvalue weighted by Crippen LogP contribution is 2.22. The first-order valence-corrected chi connectivity index (χ1v) is 9.25. The number of carbonyl (C=O) groups excluding carboxylic acids is 1. The molecular formula is C22H19N5O3. The van der Waals surface area contributed by atoms with E-state index in [2.05, 4.69) is 20.3 Å². The van der Waals surface area contributed by atoms with Crippen LogP contribution in [0.2, 0.25) is 0 Å². The number of para-hydroxylation sites is 1. The monoisotopic (exact) mass is 401 g/mol. The highest BCUT2D eigenvalue weighted by molar-refractivity contribution is 5.91. The Bertz CT molecular complexity index is 1130. The van der Waals surface area contributed by atoms with Crippen molar-refractivity contribution in [1.82, 2.24) is 19.5 Å². The number of nitrogens with zero attached hydrogens (tertiary/aromatic N) is 4. The summed E-state index contributed by atoms with van der Waals surface area (Å²) in [6.07, 6.45) is 4.96. The molecule has 2 heterocycles. The Morgan fingerprint density at radius 2 is 1.80 bits per heavy atom. The quantitative estimate of drug-likeness (QED) is 0.507. The van der Waals surface area contributed by atoms with Crippen molar-refractivity contribution in [2.75, 3.05) is 11.9 Å². The molecule has 0 aliphatic rings. The van der Waals surface area contributed by atoms with Gasteiger partial charge >= 0.3 is 0 Å². The number of ether oxygens (including phenoxy) is 2. The number of nitrogens with one attached hydrogen (secondary N) is 1. The largest absolute Gasteiger partial charge is 0.484 e. The molecule has 0 aliphatic heterocycles. The zero-order valence-electron chi connectivity index (χ0n) is 16.2. The van der Waals surface area contributed by atoms with Crippen LogP contribution in [0.4, 0.5) is 5.69 Å². The van der Waals surface area contributed by atoms with Gasteiger partial charge in [0.1, 0.15) is 29.5 Å². The predicted octanol–water partition coefficient (Wildman–Crippen LogP) is 3.78. The molecule has 0 unspecified atom stereocenters. The van der Waals surface area contributed by atoms with Crippen molar-refractivity contribution in [3.05, 3.63) is 85.2 Å². The number of aryl methyl sites for hydroxylation is 1. The standard InChI is InChI=1S/C22H19N5O3/c1-16-23-11-12-27(16)20-13-22(25-15-24-20)30-19-9-7-17(8-10-19)26-21(28)14-29-18-5-3-2-4-6-18/h2-13,15H,14H2,1H3,(H,26,28). The summed E-state index contributed by atoms with van der Waals surface area (Å²) in [4.78, 5) is 24.6. The van der Waals surface area contributed by atoms with E-state index in [-0.39, 0.29) is 12.5 Å². The Balaban J connectivity index is 1.35. The van der Waals surface area contributed by atoms with Crippen LogP contribution in [0.5, 0.6) is 17.4 Å². The molecule has 2 aromatic heterocycles. The second-order valence-corrected chi connectivity index (χ2v) is 6.34. The van der Waals surface area contributed by atoms with E-state index in [1.54, 1.807) is 48.7 Å². The van der Waals surface area contributed by atoms with E-state index in [1.807, 2.05) is 35.9 Å². The molecule has 0 saturated heterocycles. The smallest absolute Gasteiger partial charge is 0.262 e. The van der Waals surface area contributed by atoms with Gasteiger partial charge in [-0.3, -0.25) is 9.36 Å². The Morgan fingerprint density at radius 1 is 1.00 bits per heavy atom. The van der Waals surface area contributed by atoms with Crippen LogP contribution in [0.25, 0.3) is 5.82 Å². The lowest BCUT2D eigenvalue weighted by molar-refractivity contribution is -0.118. The molecule has 0 aliphatic carbocycles. The fourth-order valence-corrected chi connectivity index (χ4v) is 2.73. The van der Waals surface area contributed by atoms with Crippen LogP contribution >= 0.6 is 0 Å². The minimum atomic E-state index is -0.247. The summed E-state index contributed by atoms with van der Waals surface area (Å²) in [6, 6.07) is 17.9. The Hall–Kier alpha value is -4.20. The number of benzene rings is 2. The molecule has 1 N–H and O–H groups in total. The van der Waals surface area contributed by atoms with E-state index >= 15 is 0 Å². The summed E-state index contributed by atoms with van der Waals surface area (Å²) in [5.74, 6) is 2.87. The number of aromatic nitrogens is 4. The van der Waals surface area contributed by atoms with Crippen molar-refractivity contribution < 1.29 is 14.3 Å². The first kappa shape index (κ1) is 19.1. The summed E-state index contributed by atoms with van der Waals surface area (Å²) in [7, 11) is 0. The minimum absolute atomic E-state index is 0.0698. The van der Waals surface area contributed by atoms with E-state index in [0.717, 1.165) is 5.82 Å². The molecule has 4 aromatic rings. The van der Waals surface area contributed by atoms with Gasteiger partial charge in [0.25, 0.3) is 5.91 Å². The number of imidazole rings is 1. The molecule has 0 atom stereocenters. The Morgan fingerprint density at radius 3 is 2.53 bits per heavy atom. The van der Waals surface area contributed by atoms with E-state index < -0.39 is 0 Å². The van der Waals surface area contributed by atoms with Crippen molar-refractivity contribution in [2.45, 2.75) is 6.92 Å². The maximum Gasteiger partial charge on any atom is 0.262 e. The van der Waals surface area contributed by atoms with E-state index in [4.69, 9.17) is 9.47 Å². The zero-order valence-corrected chi connectivity index (χ0v) is 16.2. The van der Waals surface area contributed by atoms with Crippen LogP contribution in [0.15, 0.2) is 79.4 Å². The average Bonchev–Trinajstić information content (AvgIpc) is 3.20. The summed E-state index contributed by atoms with van der Waals surface area (Å²) >= 11 is 0. The maximum absolute atomic E-state index is 12.0. The third-order valence-electron chi connectivity index (χ3n) is 4.17. The minimum Gasteiger partial charge on any atom is -0.484 e. The van der Waals surface area contributed by atoms with Crippen molar-refractivity contribution in [1.29, 1.82) is 0 Å². The van der Waals surface area contributed by atoms with Gasteiger partial charge in [0.2, 0.25) is 5.88 Å². The molecule has 0 saturated carbocycles. The molecule has 0 radical (unpaired) electrons. The SMILES string of the molecule is Cc1nccn1-c1cc(Oc2ccc(NC(=O)COc3ccccc3)cc2)ncn1. The van der Waals surface area contributed by atoms with Gasteiger partial charge in [-0.2, -0.15) is 0 Å². The van der Waals surface area contributed by atoms with Crippen LogP contribution in [-0.2, 0) is 4.79 Å². The lowest BCUT2D eigenvalue weighted by atomic mass is 10.3. The number of amides is 1. The summed E-state index contributed by atoms with van der Waals surface area (Å²) in [5.41, 5.74) is 0.640. The molecular weight excluding hydrogens is 382 g/mol. The van der Waals surface area contributed by atoms with E-state index in [0.29, 0.717) is 28.9 Å². The van der Waals surface area contributed by atoms with Crippen molar-refractivity contribution >= 4 is 11.6 Å². The molecule has 30 heavy (non-hydrogen) atoms. The number of carbonyl (C=O) groups is 1. The number of hydrogen-bond acceptors (Lipinski definition) is 6. The van der Waals surface area contributed by atoms with Crippen LogP contribution in [0.1, 0.15) is 5.82 Å². The topological polar surface area (TPSA) is 91.2 Å². The number of rotatable bonds is 7. The van der Waals surface area contributed by atoms with Gasteiger partial charge in [0.05, 0.1) is 0 Å². The van der Waals surface area contributed by atoms with Crippen molar-refractivity contribution in [3.63, 3.8) is 0 Å². The molecule has 8 nitrogen and oxygen atoms in total. The van der Waals surface area contributed by atoms with Crippen LogP contribution < -0.4 is 14.8 Å². The lowest BCUT2D eigenvalue weighted by Gasteiger charge is -2.09. The van der Waals surface area contributed by atoms with Gasteiger partial charge in [-0.1, -0.05) is 18.2 Å². The highest BCUT2D eigenvalue weighted by Gasteiger charge is 2.07. The average molecular weight is 401 g/mol. The van der Waals surface area contributed by atoms with Crippen molar-refractivity contribution in [3.8, 4) is 23.2 Å². The molecule has 2 aromatic carbocycles. The van der Waals surface area contributed by atoms with E-state index in [1.165, 1.54) is 6.33 Å². The number of hydrogen-bond donors (Lipinski definition) is 1. The van der Waals surface area contributed by atoms with Gasteiger partial charge < -0.3 is 14.8 Å². The highest BCUT2D eigenvalue weighted by atomic mass is 16.5. The third-order valence-corrected chi connectivity index (χ3v) is 4.17. The van der Waals surface area contributed by atoms with Gasteiger partial charge in [-0.15, -0.1) is 0 Å². The van der Waals surface area contributed by atoms with Gasteiger partial charge in [-0.25, -0.2) is 15.0 Å². The second kappa shape index (κ2) is 8.87. The van der Waals surface area contributed by atoms with Gasteiger partial charge in [0.15, 0.2) is 6.61 Å². The molecule has 150 valence electrons. The van der Waals surface area contributed by atoms with E-state index in [9.17, 15) is 4.79 Å². The van der Waals surface area contributed by atoms with Crippen LogP contribution in [-0.4, -0.2) is 32.0 Å². The molecule has 4 rings (SSSR count). The lowest BCUT2D eigenvalue weighted by Crippen LogP contribution is -2.20. The Kier molecular flexibility index (Phi) is 5.66. The normalized spacial score (nSPS) is 10.4. The molecule has 0 fully saturated rings. The molecule has 8 heteroatoms. The van der Waals surface area contributed by atoms with Crippen LogP contribution in [0.3, 0.4) is 0 Å². The van der Waals surface area contributed by atoms with Crippen molar-refractivity contribution in [2.24, 2.45) is 0 Å². The zero-order chi connectivity index (χ0) is 20.8. The van der Waals surface area contributed by atoms with Gasteiger partial charge in [-0.05, 0) is 43.3 Å². The molecule has 1 amide bonds. The Labute approximate surface area is 173 Å². The summed E-state index contributed by atoms with van der Waals surface area (Å²) in [5, 5.41) is 2.78.